The molecule has 24 heavy (non-hydrogen) atoms. The second-order valence-corrected chi connectivity index (χ2v) is 7.76. The van der Waals surface area contributed by atoms with E-state index in [9.17, 15) is 9.90 Å². The van der Waals surface area contributed by atoms with Gasteiger partial charge in [-0.2, -0.15) is 0 Å². The van der Waals surface area contributed by atoms with E-state index in [-0.39, 0.29) is 23.3 Å². The highest BCUT2D eigenvalue weighted by atomic mass is 35.5. The first-order chi connectivity index (χ1) is 11.6. The Labute approximate surface area is 146 Å². The molecule has 6 atom stereocenters. The number of hydrogen-bond donors (Lipinski definition) is 3. The Morgan fingerprint density at radius 3 is 2.58 bits per heavy atom. The third-order valence-electron chi connectivity index (χ3n) is 5.84. The van der Waals surface area contributed by atoms with Gasteiger partial charge in [-0.05, 0) is 30.4 Å². The minimum absolute atomic E-state index is 0.0220. The smallest absolute Gasteiger partial charge is 0.322 e. The molecular formula is C18H23ClN2O3. The van der Waals surface area contributed by atoms with Crippen molar-refractivity contribution < 1.29 is 14.6 Å². The minimum Gasteiger partial charge on any atom is -0.480 e. The lowest BCUT2D eigenvalue weighted by atomic mass is 9.73. The number of carboxylic acid groups (broad SMARTS) is 1. The molecular weight excluding hydrogens is 328 g/mol. The standard InChI is InChI=1S/C18H23ClN2O3/c19-15-8-16-14(17(18(22)23)21-20-16)7-13(15)11-3-1-10(2-4-11)12-5-6-24-9-12/h1-4,12-17,20-21H,5-9H2,(H,22,23). The van der Waals surface area contributed by atoms with Crippen LogP contribution in [0.5, 0.6) is 0 Å². The van der Waals surface area contributed by atoms with Gasteiger partial charge in [0.25, 0.3) is 0 Å². The van der Waals surface area contributed by atoms with Crippen LogP contribution in [0.15, 0.2) is 24.3 Å². The largest absolute Gasteiger partial charge is 0.480 e. The van der Waals surface area contributed by atoms with Gasteiger partial charge in [0.1, 0.15) is 6.04 Å². The zero-order chi connectivity index (χ0) is 16.7. The van der Waals surface area contributed by atoms with Crippen LogP contribution in [0, 0.1) is 5.92 Å². The average Bonchev–Trinajstić information content (AvgIpc) is 3.23. The number of aliphatic carboxylic acids is 1. The Hall–Kier alpha value is -1.14. The van der Waals surface area contributed by atoms with Gasteiger partial charge in [-0.1, -0.05) is 24.3 Å². The highest BCUT2D eigenvalue weighted by Crippen LogP contribution is 2.42. The summed E-state index contributed by atoms with van der Waals surface area (Å²) < 4.78 is 5.47. The van der Waals surface area contributed by atoms with Gasteiger partial charge in [0.2, 0.25) is 0 Å². The molecule has 1 aromatic rings. The Morgan fingerprint density at radius 2 is 1.92 bits per heavy atom. The molecule has 3 N–H and O–H groups in total. The number of hydrogen-bond acceptors (Lipinski definition) is 4. The summed E-state index contributed by atoms with van der Waals surface area (Å²) in [5.74, 6) is -0.0182. The van der Waals surface area contributed by atoms with Gasteiger partial charge >= 0.3 is 5.97 Å². The fourth-order valence-corrected chi connectivity index (χ4v) is 4.87. The number of hydrazine groups is 1. The maximum absolute atomic E-state index is 11.4. The van der Waals surface area contributed by atoms with Gasteiger partial charge in [-0.15, -0.1) is 11.6 Å². The van der Waals surface area contributed by atoms with Crippen molar-refractivity contribution in [2.24, 2.45) is 5.92 Å². The summed E-state index contributed by atoms with van der Waals surface area (Å²) >= 11 is 6.64. The van der Waals surface area contributed by atoms with E-state index in [0.717, 1.165) is 32.5 Å². The van der Waals surface area contributed by atoms with Gasteiger partial charge in [0.05, 0.1) is 6.61 Å². The fourth-order valence-electron chi connectivity index (χ4n) is 4.43. The van der Waals surface area contributed by atoms with E-state index in [0.29, 0.717) is 5.92 Å². The summed E-state index contributed by atoms with van der Waals surface area (Å²) in [5, 5.41) is 9.41. The van der Waals surface area contributed by atoms with E-state index in [1.54, 1.807) is 0 Å². The third kappa shape index (κ3) is 2.94. The predicted octanol–water partition coefficient (Wildman–Crippen LogP) is 2.22. The number of fused-ring (bicyclic) bond motifs is 1. The van der Waals surface area contributed by atoms with Crippen LogP contribution in [-0.2, 0) is 9.53 Å². The molecule has 0 radical (unpaired) electrons. The van der Waals surface area contributed by atoms with Crippen LogP contribution in [0.4, 0.5) is 0 Å². The molecule has 130 valence electrons. The maximum Gasteiger partial charge on any atom is 0.322 e. The minimum atomic E-state index is -0.793. The third-order valence-corrected chi connectivity index (χ3v) is 6.33. The molecule has 0 aromatic heterocycles. The molecule has 1 aromatic carbocycles. The lowest BCUT2D eigenvalue weighted by Gasteiger charge is -2.36. The number of ether oxygens (including phenoxy) is 1. The number of alkyl halides is 1. The molecule has 4 rings (SSSR count). The molecule has 3 aliphatic rings. The number of nitrogens with one attached hydrogen (secondary N) is 2. The SMILES string of the molecule is O=C(O)C1NNC2CC(Cl)C(c3ccc(C4CCOC4)cc3)CC21. The zero-order valence-electron chi connectivity index (χ0n) is 13.5. The summed E-state index contributed by atoms with van der Waals surface area (Å²) in [5.41, 5.74) is 8.56. The lowest BCUT2D eigenvalue weighted by Crippen LogP contribution is -2.41. The van der Waals surface area contributed by atoms with Crippen LogP contribution < -0.4 is 10.9 Å². The van der Waals surface area contributed by atoms with Gasteiger partial charge in [-0.3, -0.25) is 10.2 Å². The molecule has 0 spiro atoms. The fraction of sp³-hybridized carbons (Fsp3) is 0.611. The van der Waals surface area contributed by atoms with Crippen LogP contribution >= 0.6 is 11.6 Å². The van der Waals surface area contributed by atoms with Crippen molar-refractivity contribution in [1.29, 1.82) is 0 Å². The molecule has 0 bridgehead atoms. The monoisotopic (exact) mass is 350 g/mol. The first-order valence-electron chi connectivity index (χ1n) is 8.69. The summed E-state index contributed by atoms with van der Waals surface area (Å²) in [4.78, 5) is 11.4. The van der Waals surface area contributed by atoms with Gasteiger partial charge in [0.15, 0.2) is 0 Å². The van der Waals surface area contributed by atoms with E-state index < -0.39 is 12.0 Å². The Bertz CT molecular complexity index is 603. The Balaban J connectivity index is 1.51. The highest BCUT2D eigenvalue weighted by molar-refractivity contribution is 6.21. The van der Waals surface area contributed by atoms with Crippen molar-refractivity contribution in [3.8, 4) is 0 Å². The topological polar surface area (TPSA) is 70.6 Å². The second-order valence-electron chi connectivity index (χ2n) is 7.20. The number of rotatable bonds is 3. The summed E-state index contributed by atoms with van der Waals surface area (Å²) in [7, 11) is 0. The zero-order valence-corrected chi connectivity index (χ0v) is 14.2. The predicted molar refractivity (Wildman–Crippen MR) is 91.2 cm³/mol. The normalized spacial score (nSPS) is 38.9. The molecule has 2 aliphatic heterocycles. The van der Waals surface area contributed by atoms with Crippen LogP contribution in [0.1, 0.15) is 42.2 Å². The molecule has 1 aliphatic carbocycles. The second kappa shape index (κ2) is 6.64. The molecule has 6 unspecified atom stereocenters. The van der Waals surface area contributed by atoms with Gasteiger partial charge in [-0.25, -0.2) is 5.43 Å². The Kier molecular flexibility index (Phi) is 4.52. The summed E-state index contributed by atoms with van der Waals surface area (Å²) in [6.07, 6.45) is 2.66. The molecule has 6 heteroatoms. The van der Waals surface area contributed by atoms with Crippen molar-refractivity contribution in [3.05, 3.63) is 35.4 Å². The van der Waals surface area contributed by atoms with Crippen LogP contribution in [0.2, 0.25) is 0 Å². The van der Waals surface area contributed by atoms with Crippen LogP contribution in [-0.4, -0.2) is 41.8 Å². The maximum atomic E-state index is 11.4. The van der Waals surface area contributed by atoms with E-state index in [1.807, 2.05) is 0 Å². The van der Waals surface area contributed by atoms with E-state index in [4.69, 9.17) is 16.3 Å². The van der Waals surface area contributed by atoms with Crippen LogP contribution in [0.25, 0.3) is 0 Å². The average molecular weight is 351 g/mol. The van der Waals surface area contributed by atoms with E-state index >= 15 is 0 Å². The number of carbonyl (C=O) groups is 1. The molecule has 3 fully saturated rings. The van der Waals surface area contributed by atoms with Crippen molar-refractivity contribution in [3.63, 3.8) is 0 Å². The number of benzene rings is 1. The summed E-state index contributed by atoms with van der Waals surface area (Å²) in [6.45, 7) is 1.65. The van der Waals surface area contributed by atoms with Crippen molar-refractivity contribution in [1.82, 2.24) is 10.9 Å². The number of carboxylic acids is 1. The molecule has 0 amide bonds. The Morgan fingerprint density at radius 1 is 1.17 bits per heavy atom. The van der Waals surface area contributed by atoms with Crippen molar-refractivity contribution in [2.45, 2.75) is 48.6 Å². The van der Waals surface area contributed by atoms with Crippen molar-refractivity contribution >= 4 is 17.6 Å². The van der Waals surface area contributed by atoms with E-state index in [1.165, 1.54) is 11.1 Å². The molecule has 2 heterocycles. The molecule has 2 saturated heterocycles. The van der Waals surface area contributed by atoms with Gasteiger partial charge in [0, 0.05) is 35.8 Å². The highest BCUT2D eigenvalue weighted by Gasteiger charge is 2.46. The quantitative estimate of drug-likeness (QED) is 0.729. The molecule has 1 saturated carbocycles. The van der Waals surface area contributed by atoms with Crippen molar-refractivity contribution in [2.75, 3.05) is 13.2 Å². The first kappa shape index (κ1) is 16.3. The number of halogens is 1. The summed E-state index contributed by atoms with van der Waals surface area (Å²) in [6, 6.07) is 8.31. The molecule has 5 nitrogen and oxygen atoms in total. The van der Waals surface area contributed by atoms with E-state index in [2.05, 4.69) is 35.1 Å². The van der Waals surface area contributed by atoms with Gasteiger partial charge < -0.3 is 9.84 Å². The first-order valence-corrected chi connectivity index (χ1v) is 9.12. The van der Waals surface area contributed by atoms with Crippen LogP contribution in [0.3, 0.4) is 0 Å². The lowest BCUT2D eigenvalue weighted by molar-refractivity contribution is -0.140.